The summed E-state index contributed by atoms with van der Waals surface area (Å²) < 4.78 is 0. The summed E-state index contributed by atoms with van der Waals surface area (Å²) in [5.74, 6) is 0.0582. The fourth-order valence-electron chi connectivity index (χ4n) is 3.79. The molecule has 0 aliphatic heterocycles. The van der Waals surface area contributed by atoms with Crippen molar-refractivity contribution in [3.63, 3.8) is 0 Å². The molecule has 0 bridgehead atoms. The summed E-state index contributed by atoms with van der Waals surface area (Å²) in [5.41, 5.74) is 5.70. The van der Waals surface area contributed by atoms with Gasteiger partial charge in [0.2, 0.25) is 5.91 Å². The van der Waals surface area contributed by atoms with Gasteiger partial charge in [0, 0.05) is 52.8 Å². The number of hydrogen-bond donors (Lipinski definition) is 2. The number of pyridine rings is 1. The van der Waals surface area contributed by atoms with Crippen molar-refractivity contribution in [2.24, 2.45) is 0 Å². The Morgan fingerprint density at radius 3 is 2.90 bits per heavy atom. The molecule has 1 aliphatic rings. The van der Waals surface area contributed by atoms with Gasteiger partial charge in [-0.05, 0) is 49.8 Å². The van der Waals surface area contributed by atoms with Crippen LogP contribution >= 0.6 is 22.7 Å². The third-order valence-electron chi connectivity index (χ3n) is 5.36. The average Bonchev–Trinajstić information content (AvgIpc) is 3.32. The first-order valence-corrected chi connectivity index (χ1v) is 12.3. The highest BCUT2D eigenvalue weighted by atomic mass is 32.1. The molecule has 3 aromatic heterocycles. The van der Waals surface area contributed by atoms with Gasteiger partial charge >= 0.3 is 0 Å². The van der Waals surface area contributed by atoms with Gasteiger partial charge in [0.25, 0.3) is 0 Å². The summed E-state index contributed by atoms with van der Waals surface area (Å²) in [6.45, 7) is 6.95. The summed E-state index contributed by atoms with van der Waals surface area (Å²) in [4.78, 5) is 23.2. The molecular weight excluding hydrogens is 412 g/mol. The smallest absolute Gasteiger partial charge is 0.226 e. The van der Waals surface area contributed by atoms with Gasteiger partial charge in [0.1, 0.15) is 10.0 Å². The maximum atomic E-state index is 12.6. The van der Waals surface area contributed by atoms with Crippen LogP contribution in [0.5, 0.6) is 0 Å². The maximum absolute atomic E-state index is 12.6. The molecule has 0 fully saturated rings. The number of rotatable bonds is 7. The predicted octanol–water partition coefficient (Wildman–Crippen LogP) is 5.45. The molecule has 0 unspecified atom stereocenters. The van der Waals surface area contributed by atoms with Crippen LogP contribution < -0.4 is 10.6 Å². The van der Waals surface area contributed by atoms with Crippen molar-refractivity contribution in [2.75, 3.05) is 11.9 Å². The molecule has 7 heteroatoms. The number of thiophene rings is 1. The van der Waals surface area contributed by atoms with Crippen LogP contribution in [-0.2, 0) is 17.6 Å². The molecule has 3 aromatic rings. The number of hydrogen-bond acceptors (Lipinski definition) is 6. The minimum Gasteiger partial charge on any atom is -0.317 e. The van der Waals surface area contributed by atoms with E-state index in [2.05, 4.69) is 41.8 Å². The van der Waals surface area contributed by atoms with E-state index in [1.165, 1.54) is 28.8 Å². The number of nitrogens with one attached hydrogen (secondary N) is 2. The molecule has 3 heterocycles. The van der Waals surface area contributed by atoms with E-state index in [0.29, 0.717) is 19.0 Å². The highest BCUT2D eigenvalue weighted by Crippen LogP contribution is 2.45. The highest BCUT2D eigenvalue weighted by Gasteiger charge is 2.25. The molecule has 0 spiro atoms. The van der Waals surface area contributed by atoms with E-state index >= 15 is 0 Å². The van der Waals surface area contributed by atoms with Crippen molar-refractivity contribution in [3.8, 4) is 21.8 Å². The number of thiazole rings is 1. The minimum absolute atomic E-state index is 0.0582. The van der Waals surface area contributed by atoms with Crippen molar-refractivity contribution in [1.29, 1.82) is 0 Å². The summed E-state index contributed by atoms with van der Waals surface area (Å²) >= 11 is 3.39. The average molecular weight is 441 g/mol. The van der Waals surface area contributed by atoms with E-state index in [1.807, 2.05) is 18.5 Å². The van der Waals surface area contributed by atoms with E-state index in [9.17, 15) is 4.79 Å². The van der Waals surface area contributed by atoms with Crippen LogP contribution in [0.2, 0.25) is 0 Å². The molecule has 158 valence electrons. The molecule has 4 rings (SSSR count). The lowest BCUT2D eigenvalue weighted by atomic mass is 9.95. The normalized spacial score (nSPS) is 13.5. The number of aryl methyl sites for hydroxylation is 2. The van der Waals surface area contributed by atoms with E-state index < -0.39 is 0 Å². The lowest BCUT2D eigenvalue weighted by molar-refractivity contribution is -0.116. The van der Waals surface area contributed by atoms with Gasteiger partial charge < -0.3 is 10.6 Å². The molecule has 0 saturated carbocycles. The summed E-state index contributed by atoms with van der Waals surface area (Å²) in [6, 6.07) is 2.39. The summed E-state index contributed by atoms with van der Waals surface area (Å²) in [6.07, 6.45) is 8.73. The number of carbonyl (C=O) groups excluding carboxylic acids is 1. The van der Waals surface area contributed by atoms with Crippen molar-refractivity contribution < 1.29 is 4.79 Å². The van der Waals surface area contributed by atoms with Gasteiger partial charge in [0.15, 0.2) is 0 Å². The SMILES string of the molecule is Cc1ccncc1-c1csc(-c2c(NC(=O)CCNC(C)C)sc3c2CCCC3)n1. The largest absolute Gasteiger partial charge is 0.317 e. The van der Waals surface area contributed by atoms with Gasteiger partial charge in [-0.3, -0.25) is 9.78 Å². The minimum atomic E-state index is 0.0582. The molecule has 5 nitrogen and oxygen atoms in total. The number of amides is 1. The molecule has 0 saturated heterocycles. The molecule has 1 amide bonds. The van der Waals surface area contributed by atoms with E-state index in [0.717, 1.165) is 39.7 Å². The lowest BCUT2D eigenvalue weighted by Gasteiger charge is -2.12. The van der Waals surface area contributed by atoms with Crippen molar-refractivity contribution in [2.45, 2.75) is 58.9 Å². The fourth-order valence-corrected chi connectivity index (χ4v) is 6.06. The predicted molar refractivity (Wildman–Crippen MR) is 126 cm³/mol. The number of carbonyl (C=O) groups is 1. The Labute approximate surface area is 186 Å². The number of anilines is 1. The number of nitrogens with zero attached hydrogens (tertiary/aromatic N) is 2. The molecule has 30 heavy (non-hydrogen) atoms. The van der Waals surface area contributed by atoms with Gasteiger partial charge in [-0.1, -0.05) is 13.8 Å². The van der Waals surface area contributed by atoms with Crippen LogP contribution in [0.1, 0.15) is 49.1 Å². The van der Waals surface area contributed by atoms with Crippen molar-refractivity contribution in [3.05, 3.63) is 39.8 Å². The van der Waals surface area contributed by atoms with Crippen molar-refractivity contribution in [1.82, 2.24) is 15.3 Å². The first-order chi connectivity index (χ1) is 14.5. The van der Waals surface area contributed by atoms with Crippen LogP contribution in [-0.4, -0.2) is 28.5 Å². The third kappa shape index (κ3) is 4.63. The second kappa shape index (κ2) is 9.37. The number of fused-ring (bicyclic) bond motifs is 1. The fraction of sp³-hybridized carbons (Fsp3) is 0.435. The lowest BCUT2D eigenvalue weighted by Crippen LogP contribution is -2.27. The zero-order chi connectivity index (χ0) is 21.1. The highest BCUT2D eigenvalue weighted by molar-refractivity contribution is 7.18. The van der Waals surface area contributed by atoms with Gasteiger partial charge in [0.05, 0.1) is 5.69 Å². The second-order valence-corrected chi connectivity index (χ2v) is 10.0. The molecule has 2 N–H and O–H groups in total. The van der Waals surface area contributed by atoms with Crippen LogP contribution in [0, 0.1) is 6.92 Å². The van der Waals surface area contributed by atoms with Crippen LogP contribution in [0.25, 0.3) is 21.8 Å². The Morgan fingerprint density at radius 1 is 1.27 bits per heavy atom. The van der Waals surface area contributed by atoms with E-state index in [4.69, 9.17) is 4.98 Å². The molecule has 0 radical (unpaired) electrons. The first-order valence-electron chi connectivity index (χ1n) is 10.6. The van der Waals surface area contributed by atoms with Gasteiger partial charge in [-0.25, -0.2) is 4.98 Å². The maximum Gasteiger partial charge on any atom is 0.226 e. The zero-order valence-electron chi connectivity index (χ0n) is 17.7. The molecule has 1 aliphatic carbocycles. The molecule has 0 atom stereocenters. The zero-order valence-corrected chi connectivity index (χ0v) is 19.4. The first kappa shape index (κ1) is 21.2. The standard InChI is InChI=1S/C23H28N4OS2/c1-14(2)25-11-9-20(28)27-23-21(16-6-4-5-7-19(16)30-23)22-26-18(13-29-22)17-12-24-10-8-15(17)3/h8,10,12-14,25H,4-7,9,11H2,1-3H3,(H,27,28). The Hall–Kier alpha value is -2.09. The molecular formula is C23H28N4OS2. The second-order valence-electron chi connectivity index (χ2n) is 8.05. The van der Waals surface area contributed by atoms with Crippen LogP contribution in [0.15, 0.2) is 23.8 Å². The van der Waals surface area contributed by atoms with Gasteiger partial charge in [-0.15, -0.1) is 22.7 Å². The Bertz CT molecular complexity index is 1040. The monoisotopic (exact) mass is 440 g/mol. The van der Waals surface area contributed by atoms with Crippen LogP contribution in [0.4, 0.5) is 5.00 Å². The Morgan fingerprint density at radius 2 is 2.10 bits per heavy atom. The Balaban J connectivity index is 1.63. The van der Waals surface area contributed by atoms with Crippen molar-refractivity contribution >= 4 is 33.6 Å². The number of aromatic nitrogens is 2. The Kier molecular flexibility index (Phi) is 6.61. The topological polar surface area (TPSA) is 66.9 Å². The third-order valence-corrected chi connectivity index (χ3v) is 7.43. The summed E-state index contributed by atoms with van der Waals surface area (Å²) in [5, 5.41) is 10.6. The van der Waals surface area contributed by atoms with Crippen LogP contribution in [0.3, 0.4) is 0 Å². The quantitative estimate of drug-likeness (QED) is 0.513. The van der Waals surface area contributed by atoms with E-state index in [1.54, 1.807) is 22.7 Å². The summed E-state index contributed by atoms with van der Waals surface area (Å²) in [7, 11) is 0. The van der Waals surface area contributed by atoms with E-state index in [-0.39, 0.29) is 5.91 Å². The van der Waals surface area contributed by atoms with Gasteiger partial charge in [-0.2, -0.15) is 0 Å². The molecule has 0 aromatic carbocycles.